The zero-order chi connectivity index (χ0) is 24.0. The molecule has 2 aromatic carbocycles. The summed E-state index contributed by atoms with van der Waals surface area (Å²) in [5, 5.41) is 0. The minimum atomic E-state index is 0.162. The highest BCUT2D eigenvalue weighted by atomic mass is 16.5. The molecule has 0 bridgehead atoms. The van der Waals surface area contributed by atoms with Gasteiger partial charge in [-0.2, -0.15) is 0 Å². The molecule has 3 aromatic rings. The van der Waals surface area contributed by atoms with E-state index in [-0.39, 0.29) is 17.9 Å². The minimum Gasteiger partial charge on any atom is -0.493 e. The quantitative estimate of drug-likeness (QED) is 0.445. The van der Waals surface area contributed by atoms with Gasteiger partial charge in [-0.1, -0.05) is 30.3 Å². The Kier molecular flexibility index (Phi) is 7.38. The maximum absolute atomic E-state index is 12.9. The van der Waals surface area contributed by atoms with E-state index in [0.717, 1.165) is 61.6 Å². The summed E-state index contributed by atoms with van der Waals surface area (Å²) in [6.07, 6.45) is 9.46. The summed E-state index contributed by atoms with van der Waals surface area (Å²) < 4.78 is 12.0. The molecule has 0 radical (unpaired) electrons. The van der Waals surface area contributed by atoms with Crippen molar-refractivity contribution < 1.29 is 14.3 Å². The number of nitrogens with one attached hydrogen (secondary N) is 1. The second-order valence-electron chi connectivity index (χ2n) is 9.64. The second-order valence-corrected chi connectivity index (χ2v) is 9.64. The number of aromatic amines is 1. The van der Waals surface area contributed by atoms with Gasteiger partial charge in [-0.05, 0) is 55.9 Å². The fourth-order valence-corrected chi connectivity index (χ4v) is 5.33. The van der Waals surface area contributed by atoms with Gasteiger partial charge in [0.05, 0.1) is 19.8 Å². The summed E-state index contributed by atoms with van der Waals surface area (Å²) in [4.78, 5) is 20.7. The number of hydrogen-bond donors (Lipinski definition) is 1. The third-order valence-electron chi connectivity index (χ3n) is 7.29. The number of piperazine rings is 1. The molecular weight excluding hydrogens is 438 g/mol. The summed E-state index contributed by atoms with van der Waals surface area (Å²) in [6, 6.07) is 18.9. The largest absolute Gasteiger partial charge is 0.493 e. The Balaban J connectivity index is 1.34. The summed E-state index contributed by atoms with van der Waals surface area (Å²) in [5.74, 6) is 1.79. The van der Waals surface area contributed by atoms with Crippen LogP contribution in [0, 0.1) is 0 Å². The highest BCUT2D eigenvalue weighted by Crippen LogP contribution is 2.35. The first-order valence-electron chi connectivity index (χ1n) is 12.7. The van der Waals surface area contributed by atoms with E-state index in [0.29, 0.717) is 6.54 Å². The van der Waals surface area contributed by atoms with Crippen LogP contribution in [0.15, 0.2) is 67.0 Å². The van der Waals surface area contributed by atoms with E-state index in [1.54, 1.807) is 13.3 Å². The van der Waals surface area contributed by atoms with E-state index in [1.165, 1.54) is 18.4 Å². The number of ketones is 1. The van der Waals surface area contributed by atoms with E-state index in [9.17, 15) is 4.79 Å². The summed E-state index contributed by atoms with van der Waals surface area (Å²) in [7, 11) is 1.70. The summed E-state index contributed by atoms with van der Waals surface area (Å²) in [6.45, 7) is 2.98. The molecule has 6 nitrogen and oxygen atoms in total. The molecule has 0 unspecified atom stereocenters. The van der Waals surface area contributed by atoms with Gasteiger partial charge in [-0.3, -0.25) is 9.69 Å². The monoisotopic (exact) mass is 473 g/mol. The molecule has 2 aliphatic rings. The molecule has 2 fully saturated rings. The maximum Gasteiger partial charge on any atom is 0.178 e. The van der Waals surface area contributed by atoms with Gasteiger partial charge in [-0.15, -0.1) is 0 Å². The third kappa shape index (κ3) is 5.70. The number of carbonyl (C=O) groups is 1. The van der Waals surface area contributed by atoms with Crippen LogP contribution in [0.3, 0.4) is 0 Å². The van der Waals surface area contributed by atoms with Crippen molar-refractivity contribution in [3.05, 3.63) is 78.1 Å². The molecule has 1 N–H and O–H groups in total. The number of hydrogen-bond acceptors (Lipinski definition) is 5. The lowest BCUT2D eigenvalue weighted by Crippen LogP contribution is -2.55. The second kappa shape index (κ2) is 11.0. The van der Waals surface area contributed by atoms with Crippen molar-refractivity contribution in [2.24, 2.45) is 0 Å². The Bertz CT molecular complexity index is 1090. The van der Waals surface area contributed by atoms with Crippen LogP contribution < -0.4 is 14.4 Å². The topological polar surface area (TPSA) is 57.8 Å². The molecule has 2 heterocycles. The third-order valence-corrected chi connectivity index (χ3v) is 7.29. The molecule has 184 valence electrons. The first-order valence-corrected chi connectivity index (χ1v) is 12.7. The van der Waals surface area contributed by atoms with Crippen LogP contribution in [0.2, 0.25) is 0 Å². The molecular formula is C29H35N3O3. The van der Waals surface area contributed by atoms with Crippen molar-refractivity contribution in [2.75, 3.05) is 38.2 Å². The van der Waals surface area contributed by atoms with Crippen LogP contribution in [0.1, 0.15) is 41.6 Å². The van der Waals surface area contributed by atoms with Crippen molar-refractivity contribution in [1.29, 1.82) is 0 Å². The zero-order valence-corrected chi connectivity index (χ0v) is 20.5. The zero-order valence-electron chi connectivity index (χ0n) is 20.5. The van der Waals surface area contributed by atoms with E-state index in [1.807, 2.05) is 24.4 Å². The molecule has 0 spiro atoms. The van der Waals surface area contributed by atoms with Crippen LogP contribution in [0.25, 0.3) is 0 Å². The van der Waals surface area contributed by atoms with Crippen molar-refractivity contribution >= 4 is 11.5 Å². The minimum absolute atomic E-state index is 0.162. The molecule has 5 rings (SSSR count). The Hall–Kier alpha value is -3.25. The highest BCUT2D eigenvalue weighted by Gasteiger charge is 2.30. The van der Waals surface area contributed by atoms with Crippen LogP contribution >= 0.6 is 0 Å². The molecule has 0 amide bonds. The van der Waals surface area contributed by atoms with Crippen molar-refractivity contribution in [1.82, 2.24) is 9.88 Å². The predicted octanol–water partition coefficient (Wildman–Crippen LogP) is 4.96. The SMILES string of the molecule is COc1ccc(N2CCN(CC(=O)c3cc[nH]c3)[C@@H](Cc3ccccc3)C2)cc1OC1CCCC1. The summed E-state index contributed by atoms with van der Waals surface area (Å²) >= 11 is 0. The average molecular weight is 474 g/mol. The van der Waals surface area contributed by atoms with Gasteiger partial charge < -0.3 is 19.4 Å². The van der Waals surface area contributed by atoms with Gasteiger partial charge in [0.15, 0.2) is 17.3 Å². The molecule has 1 atom stereocenters. The lowest BCUT2D eigenvalue weighted by molar-refractivity contribution is 0.0875. The average Bonchev–Trinajstić information content (AvgIpc) is 3.61. The van der Waals surface area contributed by atoms with E-state index >= 15 is 0 Å². The number of methoxy groups -OCH3 is 1. The number of nitrogens with zero attached hydrogens (tertiary/aromatic N) is 2. The number of rotatable bonds is 9. The lowest BCUT2D eigenvalue weighted by atomic mass is 10.0. The molecule has 1 saturated heterocycles. The Morgan fingerprint density at radius 2 is 1.86 bits per heavy atom. The fraction of sp³-hybridized carbons (Fsp3) is 0.414. The number of aromatic nitrogens is 1. The first kappa shape index (κ1) is 23.5. The van der Waals surface area contributed by atoms with Gasteiger partial charge >= 0.3 is 0 Å². The van der Waals surface area contributed by atoms with Gasteiger partial charge in [-0.25, -0.2) is 0 Å². The number of H-pyrrole nitrogens is 1. The van der Waals surface area contributed by atoms with Gasteiger partial charge in [0.2, 0.25) is 0 Å². The first-order chi connectivity index (χ1) is 17.2. The number of Topliss-reactive ketones (excluding diaryl/α,β-unsaturated/α-hetero) is 1. The molecule has 1 aliphatic carbocycles. The van der Waals surface area contributed by atoms with Gasteiger partial charge in [0.25, 0.3) is 0 Å². The van der Waals surface area contributed by atoms with E-state index in [4.69, 9.17) is 9.47 Å². The van der Waals surface area contributed by atoms with Gasteiger partial charge in [0.1, 0.15) is 0 Å². The Labute approximate surface area is 207 Å². The van der Waals surface area contributed by atoms with E-state index in [2.05, 4.69) is 51.2 Å². The van der Waals surface area contributed by atoms with Crippen LogP contribution in [0.4, 0.5) is 5.69 Å². The normalized spacial score (nSPS) is 19.1. The highest BCUT2D eigenvalue weighted by molar-refractivity contribution is 5.97. The lowest BCUT2D eigenvalue weighted by Gasteiger charge is -2.42. The van der Waals surface area contributed by atoms with Crippen LogP contribution in [-0.4, -0.2) is 61.1 Å². The number of ether oxygens (including phenoxy) is 2. The van der Waals surface area contributed by atoms with Crippen LogP contribution in [0.5, 0.6) is 11.5 Å². The van der Waals surface area contributed by atoms with Crippen molar-refractivity contribution in [2.45, 2.75) is 44.2 Å². The number of benzene rings is 2. The number of anilines is 1. The predicted molar refractivity (Wildman–Crippen MR) is 139 cm³/mol. The standard InChI is InChI=1S/C29H35N3O3/c1-34-28-12-11-24(18-29(28)35-26-9-5-6-10-26)31-15-16-32(21-27(33)23-13-14-30-19-23)25(20-31)17-22-7-3-2-4-8-22/h2-4,7-8,11-14,18-19,25-26,30H,5-6,9-10,15-17,20-21H2,1H3/t25-/m0/s1. The van der Waals surface area contributed by atoms with Gasteiger partial charge in [0, 0.05) is 55.4 Å². The molecule has 6 heteroatoms. The molecule has 35 heavy (non-hydrogen) atoms. The maximum atomic E-state index is 12.9. The number of carbonyl (C=O) groups excluding carboxylic acids is 1. The smallest absolute Gasteiger partial charge is 0.178 e. The van der Waals surface area contributed by atoms with Crippen molar-refractivity contribution in [3.8, 4) is 11.5 Å². The van der Waals surface area contributed by atoms with E-state index < -0.39 is 0 Å². The van der Waals surface area contributed by atoms with Crippen LogP contribution in [-0.2, 0) is 6.42 Å². The summed E-state index contributed by atoms with van der Waals surface area (Å²) in [5.41, 5.74) is 3.18. The molecule has 1 aromatic heterocycles. The van der Waals surface area contributed by atoms with Crippen molar-refractivity contribution in [3.63, 3.8) is 0 Å². The Morgan fingerprint density at radius 1 is 1.03 bits per heavy atom. The molecule has 1 aliphatic heterocycles. The molecule has 1 saturated carbocycles. The Morgan fingerprint density at radius 3 is 2.60 bits per heavy atom. The fourth-order valence-electron chi connectivity index (χ4n) is 5.33.